The van der Waals surface area contributed by atoms with Crippen LogP contribution in [0.15, 0.2) is 36.5 Å². The first-order valence-corrected chi connectivity index (χ1v) is 6.20. The Hall–Kier alpha value is -1.68. The van der Waals surface area contributed by atoms with Gasteiger partial charge in [0.15, 0.2) is 0 Å². The maximum Gasteiger partial charge on any atom is 0.123 e. The summed E-state index contributed by atoms with van der Waals surface area (Å²) < 4.78 is 15.1. The van der Waals surface area contributed by atoms with E-state index in [0.29, 0.717) is 0 Å². The van der Waals surface area contributed by atoms with Crippen LogP contribution in [0.2, 0.25) is 0 Å². The number of halogens is 1. The minimum atomic E-state index is -0.195. The van der Waals surface area contributed by atoms with Crippen LogP contribution in [0.4, 0.5) is 4.39 Å². The highest BCUT2D eigenvalue weighted by Crippen LogP contribution is 2.14. The maximum absolute atomic E-state index is 13.1. The van der Waals surface area contributed by atoms with E-state index in [9.17, 15) is 4.39 Å². The predicted octanol–water partition coefficient (Wildman–Crippen LogP) is 2.89. The van der Waals surface area contributed by atoms with Crippen LogP contribution >= 0.6 is 0 Å². The highest BCUT2D eigenvalue weighted by Gasteiger charge is 2.07. The van der Waals surface area contributed by atoms with Crippen LogP contribution in [-0.2, 0) is 13.1 Å². The summed E-state index contributed by atoms with van der Waals surface area (Å²) in [6, 6.07) is 8.80. The summed E-state index contributed by atoms with van der Waals surface area (Å²) in [4.78, 5) is 0. The SMILES string of the molecule is CCn1nccc1CN[C@@H](C)c1cccc(F)c1. The van der Waals surface area contributed by atoms with Crippen LogP contribution in [0, 0.1) is 5.82 Å². The van der Waals surface area contributed by atoms with Crippen LogP contribution in [0.1, 0.15) is 31.1 Å². The molecule has 18 heavy (non-hydrogen) atoms. The van der Waals surface area contributed by atoms with E-state index in [0.717, 1.165) is 24.3 Å². The number of aryl methyl sites for hydroxylation is 1. The third-order valence-corrected chi connectivity index (χ3v) is 3.04. The zero-order chi connectivity index (χ0) is 13.0. The van der Waals surface area contributed by atoms with Crippen molar-refractivity contribution in [1.82, 2.24) is 15.1 Å². The van der Waals surface area contributed by atoms with Crippen molar-refractivity contribution < 1.29 is 4.39 Å². The van der Waals surface area contributed by atoms with E-state index in [1.807, 2.05) is 23.7 Å². The molecule has 0 aliphatic rings. The Labute approximate surface area is 107 Å². The fourth-order valence-electron chi connectivity index (χ4n) is 1.95. The Balaban J connectivity index is 1.98. The Kier molecular flexibility index (Phi) is 4.10. The van der Waals surface area contributed by atoms with Crippen molar-refractivity contribution in [3.05, 3.63) is 53.6 Å². The molecule has 2 aromatic rings. The number of hydrogen-bond acceptors (Lipinski definition) is 2. The van der Waals surface area contributed by atoms with Crippen LogP contribution in [0.25, 0.3) is 0 Å². The van der Waals surface area contributed by atoms with Gasteiger partial charge in [-0.25, -0.2) is 4.39 Å². The van der Waals surface area contributed by atoms with Gasteiger partial charge in [-0.3, -0.25) is 4.68 Å². The molecule has 0 saturated carbocycles. The molecule has 0 fully saturated rings. The highest BCUT2D eigenvalue weighted by atomic mass is 19.1. The first-order valence-electron chi connectivity index (χ1n) is 6.20. The molecule has 0 bridgehead atoms. The first kappa shape index (κ1) is 12.8. The molecule has 1 heterocycles. The summed E-state index contributed by atoms with van der Waals surface area (Å²) in [6.07, 6.45) is 1.80. The number of nitrogens with one attached hydrogen (secondary N) is 1. The Morgan fingerprint density at radius 3 is 2.94 bits per heavy atom. The second kappa shape index (κ2) is 5.78. The first-order chi connectivity index (χ1) is 8.70. The quantitative estimate of drug-likeness (QED) is 0.880. The van der Waals surface area contributed by atoms with Crippen molar-refractivity contribution in [2.75, 3.05) is 0 Å². The Morgan fingerprint density at radius 1 is 1.39 bits per heavy atom. The number of hydrogen-bond donors (Lipinski definition) is 1. The van der Waals surface area contributed by atoms with Crippen molar-refractivity contribution in [2.24, 2.45) is 0 Å². The van der Waals surface area contributed by atoms with Gasteiger partial charge in [0.25, 0.3) is 0 Å². The molecule has 1 N–H and O–H groups in total. The fourth-order valence-corrected chi connectivity index (χ4v) is 1.95. The van der Waals surface area contributed by atoms with Crippen LogP contribution in [-0.4, -0.2) is 9.78 Å². The van der Waals surface area contributed by atoms with Gasteiger partial charge in [-0.1, -0.05) is 12.1 Å². The topological polar surface area (TPSA) is 29.9 Å². The van der Waals surface area contributed by atoms with Crippen LogP contribution in [0.5, 0.6) is 0 Å². The second-order valence-electron chi connectivity index (χ2n) is 4.30. The molecule has 3 nitrogen and oxygen atoms in total. The largest absolute Gasteiger partial charge is 0.305 e. The van der Waals surface area contributed by atoms with Crippen LogP contribution < -0.4 is 5.32 Å². The molecule has 0 amide bonds. The maximum atomic E-state index is 13.1. The molecule has 1 atom stereocenters. The minimum absolute atomic E-state index is 0.112. The zero-order valence-corrected chi connectivity index (χ0v) is 10.7. The van der Waals surface area contributed by atoms with Crippen molar-refractivity contribution >= 4 is 0 Å². The Morgan fingerprint density at radius 2 is 2.22 bits per heavy atom. The molecule has 2 rings (SSSR count). The smallest absolute Gasteiger partial charge is 0.123 e. The lowest BCUT2D eigenvalue weighted by Gasteiger charge is -2.14. The molecular weight excluding hydrogens is 229 g/mol. The standard InChI is InChI=1S/C14H18FN3/c1-3-18-14(7-8-17-18)10-16-11(2)12-5-4-6-13(15)9-12/h4-9,11,16H,3,10H2,1-2H3/t11-/m0/s1. The average molecular weight is 247 g/mol. The number of aromatic nitrogens is 2. The fraction of sp³-hybridized carbons (Fsp3) is 0.357. The molecule has 1 aromatic carbocycles. The summed E-state index contributed by atoms with van der Waals surface area (Å²) in [5, 5.41) is 7.59. The van der Waals surface area contributed by atoms with E-state index < -0.39 is 0 Å². The highest BCUT2D eigenvalue weighted by molar-refractivity contribution is 5.19. The van der Waals surface area contributed by atoms with E-state index in [2.05, 4.69) is 17.3 Å². The molecule has 0 radical (unpaired) electrons. The molecule has 1 aromatic heterocycles. The monoisotopic (exact) mass is 247 g/mol. The third-order valence-electron chi connectivity index (χ3n) is 3.04. The molecule has 0 aliphatic heterocycles. The summed E-state index contributed by atoms with van der Waals surface area (Å²) in [6.45, 7) is 5.68. The van der Waals surface area contributed by atoms with Crippen LogP contribution in [0.3, 0.4) is 0 Å². The lowest BCUT2D eigenvalue weighted by atomic mass is 10.1. The molecule has 0 saturated heterocycles. The van der Waals surface area contributed by atoms with Gasteiger partial charge in [0.2, 0.25) is 0 Å². The molecule has 96 valence electrons. The zero-order valence-electron chi connectivity index (χ0n) is 10.7. The van der Waals surface area contributed by atoms with Crippen molar-refractivity contribution in [3.8, 4) is 0 Å². The van der Waals surface area contributed by atoms with Gasteiger partial charge in [-0.15, -0.1) is 0 Å². The van der Waals surface area contributed by atoms with Gasteiger partial charge in [0, 0.05) is 25.3 Å². The van der Waals surface area contributed by atoms with Crippen molar-refractivity contribution in [2.45, 2.75) is 33.0 Å². The molecular formula is C14H18FN3. The van der Waals surface area contributed by atoms with E-state index in [1.165, 1.54) is 6.07 Å². The second-order valence-corrected chi connectivity index (χ2v) is 4.30. The number of nitrogens with zero attached hydrogens (tertiary/aromatic N) is 2. The molecule has 0 unspecified atom stereocenters. The van der Waals surface area contributed by atoms with E-state index in [-0.39, 0.29) is 11.9 Å². The van der Waals surface area contributed by atoms with E-state index in [4.69, 9.17) is 0 Å². The summed E-state index contributed by atoms with van der Waals surface area (Å²) in [5.74, 6) is -0.195. The number of rotatable bonds is 5. The minimum Gasteiger partial charge on any atom is -0.305 e. The van der Waals surface area contributed by atoms with Crippen molar-refractivity contribution in [3.63, 3.8) is 0 Å². The lowest BCUT2D eigenvalue weighted by Crippen LogP contribution is -2.20. The van der Waals surface area contributed by atoms with E-state index in [1.54, 1.807) is 18.3 Å². The van der Waals surface area contributed by atoms with Crippen molar-refractivity contribution in [1.29, 1.82) is 0 Å². The van der Waals surface area contributed by atoms with Gasteiger partial charge >= 0.3 is 0 Å². The molecule has 0 aliphatic carbocycles. The summed E-state index contributed by atoms with van der Waals surface area (Å²) >= 11 is 0. The van der Waals surface area contributed by atoms with Gasteiger partial charge < -0.3 is 5.32 Å². The van der Waals surface area contributed by atoms with Gasteiger partial charge in [0.1, 0.15) is 5.82 Å². The van der Waals surface area contributed by atoms with E-state index >= 15 is 0 Å². The third kappa shape index (κ3) is 2.96. The Bertz CT molecular complexity index is 507. The average Bonchev–Trinajstić information content (AvgIpc) is 2.83. The predicted molar refractivity (Wildman–Crippen MR) is 69.6 cm³/mol. The summed E-state index contributed by atoms with van der Waals surface area (Å²) in [5.41, 5.74) is 2.10. The van der Waals surface area contributed by atoms with Gasteiger partial charge in [0.05, 0.1) is 5.69 Å². The molecule has 4 heteroatoms. The molecule has 0 spiro atoms. The number of benzene rings is 1. The normalized spacial score (nSPS) is 12.6. The van der Waals surface area contributed by atoms with Gasteiger partial charge in [-0.05, 0) is 37.6 Å². The lowest BCUT2D eigenvalue weighted by molar-refractivity contribution is 0.528. The summed E-state index contributed by atoms with van der Waals surface area (Å²) in [7, 11) is 0. The van der Waals surface area contributed by atoms with Gasteiger partial charge in [-0.2, -0.15) is 5.10 Å².